The van der Waals surface area contributed by atoms with Gasteiger partial charge in [0.05, 0.1) is 17.5 Å². The Labute approximate surface area is 176 Å². The van der Waals surface area contributed by atoms with Crippen LogP contribution in [0.15, 0.2) is 36.4 Å². The molecule has 0 radical (unpaired) electrons. The molecule has 30 heavy (non-hydrogen) atoms. The van der Waals surface area contributed by atoms with E-state index in [1.807, 2.05) is 37.3 Å². The third kappa shape index (κ3) is 3.85. The molecule has 0 spiro atoms. The molecule has 2 unspecified atom stereocenters. The van der Waals surface area contributed by atoms with Crippen LogP contribution in [0.1, 0.15) is 34.3 Å². The van der Waals surface area contributed by atoms with E-state index < -0.39 is 16.1 Å². The van der Waals surface area contributed by atoms with Gasteiger partial charge in [-0.3, -0.25) is 9.59 Å². The molecule has 0 aromatic heterocycles. The third-order valence-corrected chi connectivity index (χ3v) is 6.73. The molecule has 4 rings (SSSR count). The van der Waals surface area contributed by atoms with Gasteiger partial charge in [0.25, 0.3) is 5.91 Å². The van der Waals surface area contributed by atoms with E-state index >= 15 is 0 Å². The summed E-state index contributed by atoms with van der Waals surface area (Å²) in [7, 11) is -3.38. The fourth-order valence-electron chi connectivity index (χ4n) is 4.30. The Balaban J connectivity index is 1.68. The molecular formula is C22H25N3O4S. The Morgan fingerprint density at radius 3 is 2.60 bits per heavy atom. The summed E-state index contributed by atoms with van der Waals surface area (Å²) in [5, 5.41) is 2.86. The summed E-state index contributed by atoms with van der Waals surface area (Å²) < 4.78 is 25.7. The normalized spacial score (nSPS) is 21.5. The number of hydrogen-bond donors (Lipinski definition) is 2. The van der Waals surface area contributed by atoms with E-state index in [1.165, 1.54) is 5.56 Å². The monoisotopic (exact) mass is 427 g/mol. The van der Waals surface area contributed by atoms with Crippen LogP contribution in [0, 0.1) is 13.8 Å². The van der Waals surface area contributed by atoms with Gasteiger partial charge in [-0.25, -0.2) is 13.1 Å². The highest BCUT2D eigenvalue weighted by Gasteiger charge is 2.40. The molecular weight excluding hydrogens is 402 g/mol. The van der Waals surface area contributed by atoms with Crippen LogP contribution in [-0.2, 0) is 14.8 Å². The number of piperidine rings is 1. The Kier molecular flexibility index (Phi) is 5.15. The SMILES string of the molecule is Cc1cccc(-c2ccc3c(c2)C(=O)N2CCC(NS(C)(=O)=O)CC2C(=O)N3)c1C. The minimum atomic E-state index is -3.38. The predicted molar refractivity (Wildman–Crippen MR) is 116 cm³/mol. The lowest BCUT2D eigenvalue weighted by Crippen LogP contribution is -2.54. The lowest BCUT2D eigenvalue weighted by Gasteiger charge is -2.37. The predicted octanol–water partition coefficient (Wildman–Crippen LogP) is 2.44. The molecule has 158 valence electrons. The largest absolute Gasteiger partial charge is 0.326 e. The maximum absolute atomic E-state index is 13.3. The van der Waals surface area contributed by atoms with Crippen molar-refractivity contribution >= 4 is 27.5 Å². The number of benzene rings is 2. The maximum Gasteiger partial charge on any atom is 0.256 e. The number of carbonyl (C=O) groups is 2. The number of fused-ring (bicyclic) bond motifs is 2. The average molecular weight is 428 g/mol. The van der Waals surface area contributed by atoms with Crippen LogP contribution in [0.25, 0.3) is 11.1 Å². The first-order chi connectivity index (χ1) is 14.1. The van der Waals surface area contributed by atoms with Crippen molar-refractivity contribution in [3.63, 3.8) is 0 Å². The van der Waals surface area contributed by atoms with Gasteiger partial charge in [-0.05, 0) is 61.1 Å². The summed E-state index contributed by atoms with van der Waals surface area (Å²) in [6.45, 7) is 4.42. The molecule has 8 heteroatoms. The van der Waals surface area contributed by atoms with Crippen molar-refractivity contribution in [1.29, 1.82) is 0 Å². The number of anilines is 1. The Morgan fingerprint density at radius 1 is 1.10 bits per heavy atom. The van der Waals surface area contributed by atoms with Crippen LogP contribution < -0.4 is 10.0 Å². The van der Waals surface area contributed by atoms with E-state index in [2.05, 4.69) is 17.0 Å². The molecule has 0 bridgehead atoms. The van der Waals surface area contributed by atoms with Gasteiger partial charge in [0, 0.05) is 12.6 Å². The highest BCUT2D eigenvalue weighted by molar-refractivity contribution is 7.88. The molecule has 0 saturated carbocycles. The quantitative estimate of drug-likeness (QED) is 0.787. The first kappa shape index (κ1) is 20.6. The molecule has 1 fully saturated rings. The number of nitrogens with one attached hydrogen (secondary N) is 2. The Hall–Kier alpha value is -2.71. The number of amides is 2. The molecule has 2 atom stereocenters. The summed E-state index contributed by atoms with van der Waals surface area (Å²) in [5.74, 6) is -0.500. The summed E-state index contributed by atoms with van der Waals surface area (Å²) in [5.41, 5.74) is 5.23. The second kappa shape index (κ2) is 7.52. The molecule has 2 aliphatic rings. The van der Waals surface area contributed by atoms with Gasteiger partial charge < -0.3 is 10.2 Å². The van der Waals surface area contributed by atoms with Crippen molar-refractivity contribution in [2.45, 2.75) is 38.8 Å². The second-order valence-corrected chi connectivity index (χ2v) is 9.90. The Bertz CT molecular complexity index is 1140. The van der Waals surface area contributed by atoms with Crippen molar-refractivity contribution in [2.75, 3.05) is 18.1 Å². The van der Waals surface area contributed by atoms with E-state index in [0.717, 1.165) is 22.9 Å². The number of nitrogens with zero attached hydrogens (tertiary/aromatic N) is 1. The fraction of sp³-hybridized carbons (Fsp3) is 0.364. The van der Waals surface area contributed by atoms with Gasteiger partial charge in [-0.15, -0.1) is 0 Å². The Morgan fingerprint density at radius 2 is 1.87 bits per heavy atom. The number of sulfonamides is 1. The topological polar surface area (TPSA) is 95.6 Å². The molecule has 2 N–H and O–H groups in total. The molecule has 2 heterocycles. The van der Waals surface area contributed by atoms with Gasteiger partial charge in [0.1, 0.15) is 6.04 Å². The molecule has 2 aliphatic heterocycles. The zero-order valence-corrected chi connectivity index (χ0v) is 18.0. The summed E-state index contributed by atoms with van der Waals surface area (Å²) >= 11 is 0. The van der Waals surface area contributed by atoms with Crippen molar-refractivity contribution < 1.29 is 18.0 Å². The number of carbonyl (C=O) groups excluding carboxylic acids is 2. The van der Waals surface area contributed by atoms with E-state index in [1.54, 1.807) is 11.0 Å². The van der Waals surface area contributed by atoms with Gasteiger partial charge in [0.2, 0.25) is 15.9 Å². The highest BCUT2D eigenvalue weighted by Crippen LogP contribution is 2.33. The molecule has 0 aliphatic carbocycles. The van der Waals surface area contributed by atoms with Crippen LogP contribution in [0.2, 0.25) is 0 Å². The summed E-state index contributed by atoms with van der Waals surface area (Å²) in [4.78, 5) is 27.7. The highest BCUT2D eigenvalue weighted by atomic mass is 32.2. The van der Waals surface area contributed by atoms with Crippen LogP contribution in [0.5, 0.6) is 0 Å². The summed E-state index contributed by atoms with van der Waals surface area (Å²) in [6.07, 6.45) is 1.82. The van der Waals surface area contributed by atoms with E-state index in [4.69, 9.17) is 0 Å². The van der Waals surface area contributed by atoms with E-state index in [-0.39, 0.29) is 24.3 Å². The summed E-state index contributed by atoms with van der Waals surface area (Å²) in [6, 6.07) is 10.5. The van der Waals surface area contributed by atoms with Crippen molar-refractivity contribution in [3.05, 3.63) is 53.1 Å². The fourth-order valence-corrected chi connectivity index (χ4v) is 5.12. The van der Waals surface area contributed by atoms with Crippen LogP contribution in [0.3, 0.4) is 0 Å². The standard InChI is InChI=1S/C22H25N3O4S/c1-13-5-4-6-17(14(13)2)15-7-8-19-18(11-15)22(27)25-10-9-16(24-30(3,28)29)12-20(25)21(26)23-19/h4-8,11,16,20,24H,9-10,12H2,1-3H3,(H,23,26). The van der Waals surface area contributed by atoms with E-state index in [0.29, 0.717) is 24.2 Å². The number of aryl methyl sites for hydroxylation is 1. The number of hydrogen-bond acceptors (Lipinski definition) is 4. The van der Waals surface area contributed by atoms with Gasteiger partial charge in [0.15, 0.2) is 0 Å². The van der Waals surface area contributed by atoms with Gasteiger partial charge in [-0.1, -0.05) is 24.3 Å². The van der Waals surface area contributed by atoms with Gasteiger partial charge >= 0.3 is 0 Å². The van der Waals surface area contributed by atoms with Crippen molar-refractivity contribution in [3.8, 4) is 11.1 Å². The van der Waals surface area contributed by atoms with Crippen LogP contribution in [0.4, 0.5) is 5.69 Å². The molecule has 7 nitrogen and oxygen atoms in total. The lowest BCUT2D eigenvalue weighted by molar-refractivity contribution is -0.121. The molecule has 1 saturated heterocycles. The first-order valence-corrected chi connectivity index (χ1v) is 11.8. The average Bonchev–Trinajstić information content (AvgIpc) is 2.78. The zero-order chi connectivity index (χ0) is 21.6. The third-order valence-electron chi connectivity index (χ3n) is 5.97. The molecule has 2 amide bonds. The van der Waals surface area contributed by atoms with Gasteiger partial charge in [-0.2, -0.15) is 0 Å². The molecule has 2 aromatic rings. The maximum atomic E-state index is 13.3. The lowest BCUT2D eigenvalue weighted by atomic mass is 9.94. The first-order valence-electron chi connectivity index (χ1n) is 9.94. The zero-order valence-electron chi connectivity index (χ0n) is 17.2. The van der Waals surface area contributed by atoms with Crippen molar-refractivity contribution in [2.24, 2.45) is 0 Å². The van der Waals surface area contributed by atoms with Crippen LogP contribution in [-0.4, -0.2) is 50.0 Å². The second-order valence-electron chi connectivity index (χ2n) is 8.12. The van der Waals surface area contributed by atoms with E-state index in [9.17, 15) is 18.0 Å². The minimum absolute atomic E-state index is 0.210. The smallest absolute Gasteiger partial charge is 0.256 e. The van der Waals surface area contributed by atoms with Crippen molar-refractivity contribution in [1.82, 2.24) is 9.62 Å². The minimum Gasteiger partial charge on any atom is -0.326 e. The molecule has 2 aromatic carbocycles. The van der Waals surface area contributed by atoms with Crippen LogP contribution >= 0.6 is 0 Å². The number of rotatable bonds is 3.